The van der Waals surface area contributed by atoms with Crippen LogP contribution in [0.25, 0.3) is 0 Å². The summed E-state index contributed by atoms with van der Waals surface area (Å²) < 4.78 is 4.87. The zero-order valence-electron chi connectivity index (χ0n) is 8.96. The van der Waals surface area contributed by atoms with Crippen LogP contribution in [0.5, 0.6) is 0 Å². The first kappa shape index (κ1) is 10.6. The molecule has 0 N–H and O–H groups in total. The van der Waals surface area contributed by atoms with E-state index in [1.807, 2.05) is 0 Å². The Morgan fingerprint density at radius 1 is 1.31 bits per heavy atom. The quantitative estimate of drug-likeness (QED) is 0.430. The summed E-state index contributed by atoms with van der Waals surface area (Å²) in [5.41, 5.74) is 0. The standard InChI is InChI=1S/C12H22O/c1-3-4-5-7-11-10-12(11)8-6-9-13-2/h6,9,11-12H,3-5,7-8,10H2,1-2H3/t11-,12-/m1/s1. The van der Waals surface area contributed by atoms with Gasteiger partial charge in [-0.3, -0.25) is 0 Å². The normalized spacial score (nSPS) is 26.6. The molecule has 0 aromatic rings. The van der Waals surface area contributed by atoms with Crippen molar-refractivity contribution in [3.05, 3.63) is 12.3 Å². The molecule has 0 aliphatic heterocycles. The minimum atomic E-state index is 0.975. The second-order valence-electron chi connectivity index (χ2n) is 4.09. The van der Waals surface area contributed by atoms with Gasteiger partial charge in [-0.05, 0) is 30.8 Å². The summed E-state index contributed by atoms with van der Waals surface area (Å²) in [5, 5.41) is 0. The van der Waals surface area contributed by atoms with Crippen molar-refractivity contribution in [1.82, 2.24) is 0 Å². The van der Waals surface area contributed by atoms with Gasteiger partial charge in [-0.1, -0.05) is 32.6 Å². The number of hydrogen-bond donors (Lipinski definition) is 0. The summed E-state index contributed by atoms with van der Waals surface area (Å²) in [6, 6.07) is 0. The molecule has 0 bridgehead atoms. The maximum absolute atomic E-state index is 4.87. The van der Waals surface area contributed by atoms with E-state index in [0.29, 0.717) is 0 Å². The smallest absolute Gasteiger partial charge is 0.0784 e. The van der Waals surface area contributed by atoms with Gasteiger partial charge >= 0.3 is 0 Å². The van der Waals surface area contributed by atoms with Crippen molar-refractivity contribution >= 4 is 0 Å². The number of rotatable bonds is 7. The molecule has 1 nitrogen and oxygen atoms in total. The monoisotopic (exact) mass is 182 g/mol. The van der Waals surface area contributed by atoms with Crippen LogP contribution in [0.3, 0.4) is 0 Å². The Labute approximate surface area is 82.2 Å². The molecule has 0 heterocycles. The van der Waals surface area contributed by atoms with E-state index in [2.05, 4.69) is 13.0 Å². The Bertz CT molecular complexity index is 151. The third-order valence-electron chi connectivity index (χ3n) is 2.92. The van der Waals surface area contributed by atoms with E-state index in [1.54, 1.807) is 13.4 Å². The molecule has 76 valence electrons. The van der Waals surface area contributed by atoms with Crippen molar-refractivity contribution in [2.75, 3.05) is 7.11 Å². The second kappa shape index (κ2) is 6.06. The highest BCUT2D eigenvalue weighted by atomic mass is 16.5. The molecule has 1 rings (SSSR count). The first-order valence-corrected chi connectivity index (χ1v) is 5.56. The third-order valence-corrected chi connectivity index (χ3v) is 2.92. The van der Waals surface area contributed by atoms with E-state index in [4.69, 9.17) is 4.74 Å². The Morgan fingerprint density at radius 2 is 2.15 bits per heavy atom. The van der Waals surface area contributed by atoms with Gasteiger partial charge in [-0.15, -0.1) is 0 Å². The number of hydrogen-bond acceptors (Lipinski definition) is 1. The fourth-order valence-electron chi connectivity index (χ4n) is 1.94. The molecular weight excluding hydrogens is 160 g/mol. The van der Waals surface area contributed by atoms with Crippen LogP contribution in [-0.4, -0.2) is 7.11 Å². The molecule has 0 aromatic heterocycles. The topological polar surface area (TPSA) is 9.23 Å². The van der Waals surface area contributed by atoms with Crippen molar-refractivity contribution in [3.63, 3.8) is 0 Å². The highest BCUT2D eigenvalue weighted by Gasteiger charge is 2.34. The first-order chi connectivity index (χ1) is 6.38. The summed E-state index contributed by atoms with van der Waals surface area (Å²) in [4.78, 5) is 0. The van der Waals surface area contributed by atoms with Crippen LogP contribution >= 0.6 is 0 Å². The average Bonchev–Trinajstić information content (AvgIpc) is 2.85. The predicted octanol–water partition coefficient (Wildman–Crippen LogP) is 3.75. The zero-order chi connectivity index (χ0) is 9.52. The summed E-state index contributed by atoms with van der Waals surface area (Å²) in [6.07, 6.45) is 12.3. The van der Waals surface area contributed by atoms with E-state index >= 15 is 0 Å². The van der Waals surface area contributed by atoms with Gasteiger partial charge in [-0.2, -0.15) is 0 Å². The van der Waals surface area contributed by atoms with Gasteiger partial charge < -0.3 is 4.74 Å². The van der Waals surface area contributed by atoms with Crippen molar-refractivity contribution < 1.29 is 4.74 Å². The molecule has 0 amide bonds. The molecule has 1 aliphatic carbocycles. The maximum atomic E-state index is 4.87. The number of ether oxygens (including phenoxy) is 1. The summed E-state index contributed by atoms with van der Waals surface area (Å²) in [6.45, 7) is 2.27. The molecule has 1 heteroatoms. The molecule has 13 heavy (non-hydrogen) atoms. The van der Waals surface area contributed by atoms with Crippen LogP contribution in [-0.2, 0) is 4.74 Å². The number of methoxy groups -OCH3 is 1. The van der Waals surface area contributed by atoms with Crippen molar-refractivity contribution in [2.45, 2.75) is 45.4 Å². The Balaban J connectivity index is 1.93. The fourth-order valence-corrected chi connectivity index (χ4v) is 1.94. The second-order valence-corrected chi connectivity index (χ2v) is 4.09. The Morgan fingerprint density at radius 3 is 2.85 bits per heavy atom. The lowest BCUT2D eigenvalue weighted by Gasteiger charge is -1.96. The van der Waals surface area contributed by atoms with E-state index in [9.17, 15) is 0 Å². The van der Waals surface area contributed by atoms with Crippen LogP contribution < -0.4 is 0 Å². The van der Waals surface area contributed by atoms with E-state index < -0.39 is 0 Å². The molecule has 1 saturated carbocycles. The number of unbranched alkanes of at least 4 members (excludes halogenated alkanes) is 2. The summed E-state index contributed by atoms with van der Waals surface area (Å²) >= 11 is 0. The molecule has 0 aromatic carbocycles. The van der Waals surface area contributed by atoms with E-state index in [0.717, 1.165) is 11.8 Å². The van der Waals surface area contributed by atoms with E-state index in [-0.39, 0.29) is 0 Å². The van der Waals surface area contributed by atoms with Gasteiger partial charge in [0.25, 0.3) is 0 Å². The molecule has 0 unspecified atom stereocenters. The summed E-state index contributed by atoms with van der Waals surface area (Å²) in [7, 11) is 1.71. The van der Waals surface area contributed by atoms with Crippen molar-refractivity contribution in [1.29, 1.82) is 0 Å². The van der Waals surface area contributed by atoms with Crippen LogP contribution in [0.2, 0.25) is 0 Å². The van der Waals surface area contributed by atoms with Gasteiger partial charge in [0.15, 0.2) is 0 Å². The minimum Gasteiger partial charge on any atom is -0.505 e. The SMILES string of the molecule is CCCCC[C@@H]1C[C@H]1CC=COC. The van der Waals surface area contributed by atoms with Crippen LogP contribution in [0.15, 0.2) is 12.3 Å². The lowest BCUT2D eigenvalue weighted by atomic mass is 10.1. The van der Waals surface area contributed by atoms with Crippen LogP contribution in [0.1, 0.15) is 45.4 Å². The van der Waals surface area contributed by atoms with Gasteiger partial charge in [0.2, 0.25) is 0 Å². The predicted molar refractivity (Wildman–Crippen MR) is 56.5 cm³/mol. The average molecular weight is 182 g/mol. The van der Waals surface area contributed by atoms with Crippen molar-refractivity contribution in [3.8, 4) is 0 Å². The largest absolute Gasteiger partial charge is 0.505 e. The molecule has 2 atom stereocenters. The third kappa shape index (κ3) is 4.35. The summed E-state index contributed by atoms with van der Waals surface area (Å²) in [5.74, 6) is 2.01. The first-order valence-electron chi connectivity index (χ1n) is 5.56. The Hall–Kier alpha value is -0.460. The number of allylic oxidation sites excluding steroid dienone is 1. The van der Waals surface area contributed by atoms with Gasteiger partial charge in [-0.25, -0.2) is 0 Å². The molecule has 0 spiro atoms. The molecule has 0 saturated heterocycles. The molecule has 0 radical (unpaired) electrons. The van der Waals surface area contributed by atoms with Crippen molar-refractivity contribution in [2.24, 2.45) is 11.8 Å². The molecule has 1 fully saturated rings. The molecule has 1 aliphatic rings. The van der Waals surface area contributed by atoms with Crippen LogP contribution in [0.4, 0.5) is 0 Å². The zero-order valence-corrected chi connectivity index (χ0v) is 8.96. The Kier molecular flexibility index (Phi) is 4.95. The van der Waals surface area contributed by atoms with Crippen LogP contribution in [0, 0.1) is 11.8 Å². The lowest BCUT2D eigenvalue weighted by molar-refractivity contribution is 0.336. The van der Waals surface area contributed by atoms with E-state index in [1.165, 1.54) is 38.5 Å². The highest BCUT2D eigenvalue weighted by Crippen LogP contribution is 2.44. The fraction of sp³-hybridized carbons (Fsp3) is 0.833. The lowest BCUT2D eigenvalue weighted by Crippen LogP contribution is -1.82. The minimum absolute atomic E-state index is 0.975. The van der Waals surface area contributed by atoms with Gasteiger partial charge in [0.05, 0.1) is 13.4 Å². The van der Waals surface area contributed by atoms with Gasteiger partial charge in [0.1, 0.15) is 0 Å². The highest BCUT2D eigenvalue weighted by molar-refractivity contribution is 4.91. The maximum Gasteiger partial charge on any atom is 0.0784 e. The van der Waals surface area contributed by atoms with Gasteiger partial charge in [0, 0.05) is 0 Å². The molecular formula is C12H22O.